The zero-order valence-electron chi connectivity index (χ0n) is 15.0. The van der Waals surface area contributed by atoms with Crippen molar-refractivity contribution in [3.05, 3.63) is 77.1 Å². The minimum Gasteiger partial charge on any atom is -0.507 e. The Balaban J connectivity index is 2.04. The van der Waals surface area contributed by atoms with Crippen molar-refractivity contribution in [2.24, 2.45) is 0 Å². The van der Waals surface area contributed by atoms with Crippen LogP contribution in [0.3, 0.4) is 0 Å². The number of amides is 1. The quantitative estimate of drug-likeness (QED) is 0.330. The van der Waals surface area contributed by atoms with Gasteiger partial charge < -0.3 is 19.8 Å². The first kappa shape index (κ1) is 19.7. The number of Topliss-reactive ketones (excluding diaryl/α,β-unsaturated/α-hetero) is 1. The second kappa shape index (κ2) is 8.77. The van der Waals surface area contributed by atoms with Crippen LogP contribution in [0.4, 0.5) is 4.39 Å². The normalized spacial score (nSPS) is 18.6. The Morgan fingerprint density at radius 3 is 2.36 bits per heavy atom. The number of rotatable bonds is 7. The summed E-state index contributed by atoms with van der Waals surface area (Å²) in [5, 5.41) is 19.6. The van der Waals surface area contributed by atoms with Crippen LogP contribution in [0.2, 0.25) is 0 Å². The molecule has 6 nitrogen and oxygen atoms in total. The van der Waals surface area contributed by atoms with Crippen LogP contribution in [-0.4, -0.2) is 53.2 Å². The minimum absolute atomic E-state index is 0.0510. The van der Waals surface area contributed by atoms with Crippen molar-refractivity contribution in [2.45, 2.75) is 6.04 Å². The summed E-state index contributed by atoms with van der Waals surface area (Å²) >= 11 is 0. The summed E-state index contributed by atoms with van der Waals surface area (Å²) in [7, 11) is 0. The molecule has 0 spiro atoms. The van der Waals surface area contributed by atoms with E-state index in [1.807, 2.05) is 0 Å². The van der Waals surface area contributed by atoms with Crippen molar-refractivity contribution in [1.82, 2.24) is 4.90 Å². The smallest absolute Gasteiger partial charge is 0.295 e. The zero-order valence-corrected chi connectivity index (χ0v) is 15.0. The van der Waals surface area contributed by atoms with Crippen LogP contribution in [-0.2, 0) is 14.3 Å². The lowest BCUT2D eigenvalue weighted by molar-refractivity contribution is -0.140. The van der Waals surface area contributed by atoms with Crippen molar-refractivity contribution >= 4 is 17.4 Å². The topological polar surface area (TPSA) is 87.1 Å². The van der Waals surface area contributed by atoms with E-state index in [1.54, 1.807) is 30.3 Å². The van der Waals surface area contributed by atoms with E-state index in [9.17, 15) is 19.1 Å². The van der Waals surface area contributed by atoms with Gasteiger partial charge in [0.1, 0.15) is 11.6 Å². The molecule has 2 aromatic rings. The standard InChI is InChI=1S/C21H20FNO5/c22-16-8-6-14(7-9-16)18-17(19(25)15-4-2-1-3-5-15)20(26)21(27)23(18)10-12-28-13-11-24/h1-9,18,24-25H,10-13H2. The van der Waals surface area contributed by atoms with Crippen LogP contribution in [0.5, 0.6) is 0 Å². The molecule has 1 heterocycles. The van der Waals surface area contributed by atoms with Crippen molar-refractivity contribution in [1.29, 1.82) is 0 Å². The van der Waals surface area contributed by atoms with Gasteiger partial charge in [-0.1, -0.05) is 42.5 Å². The number of benzene rings is 2. The lowest BCUT2D eigenvalue weighted by atomic mass is 9.95. The largest absolute Gasteiger partial charge is 0.507 e. The van der Waals surface area contributed by atoms with E-state index in [2.05, 4.69) is 0 Å². The van der Waals surface area contributed by atoms with E-state index < -0.39 is 23.5 Å². The Bertz CT molecular complexity index is 879. The Morgan fingerprint density at radius 1 is 1.04 bits per heavy atom. The lowest BCUT2D eigenvalue weighted by Gasteiger charge is -2.25. The first-order chi connectivity index (χ1) is 13.5. The number of nitrogens with zero attached hydrogens (tertiary/aromatic N) is 1. The summed E-state index contributed by atoms with van der Waals surface area (Å²) in [6.07, 6.45) is 0. The first-order valence-electron chi connectivity index (χ1n) is 8.82. The third-order valence-electron chi connectivity index (χ3n) is 4.49. The number of hydrogen-bond acceptors (Lipinski definition) is 5. The van der Waals surface area contributed by atoms with Gasteiger partial charge in [-0.25, -0.2) is 4.39 Å². The SMILES string of the molecule is O=C1C(=O)N(CCOCCO)C(c2ccc(F)cc2)C1=C(O)c1ccccc1. The Kier molecular flexibility index (Phi) is 6.18. The molecule has 1 aliphatic rings. The van der Waals surface area contributed by atoms with Crippen LogP contribution >= 0.6 is 0 Å². The van der Waals surface area contributed by atoms with Crippen LogP contribution in [0, 0.1) is 5.82 Å². The second-order valence-corrected chi connectivity index (χ2v) is 6.25. The molecule has 1 amide bonds. The fourth-order valence-corrected chi connectivity index (χ4v) is 3.18. The molecule has 1 aliphatic heterocycles. The number of ketones is 1. The molecule has 0 saturated carbocycles. The maximum atomic E-state index is 13.4. The summed E-state index contributed by atoms with van der Waals surface area (Å²) in [5.41, 5.74) is 0.856. The number of aliphatic hydroxyl groups is 2. The van der Waals surface area contributed by atoms with Crippen LogP contribution in [0.15, 0.2) is 60.2 Å². The molecule has 0 aliphatic carbocycles. The van der Waals surface area contributed by atoms with E-state index in [-0.39, 0.29) is 37.7 Å². The fourth-order valence-electron chi connectivity index (χ4n) is 3.18. The third-order valence-corrected chi connectivity index (χ3v) is 4.49. The number of aliphatic hydroxyl groups excluding tert-OH is 2. The molecular formula is C21H20FNO5. The molecule has 28 heavy (non-hydrogen) atoms. The number of likely N-dealkylation sites (tertiary alicyclic amines) is 1. The predicted octanol–water partition coefficient (Wildman–Crippen LogP) is 2.26. The molecule has 1 atom stereocenters. The number of carbonyl (C=O) groups is 2. The Labute approximate surface area is 161 Å². The lowest BCUT2D eigenvalue weighted by Crippen LogP contribution is -2.33. The summed E-state index contributed by atoms with van der Waals surface area (Å²) in [6, 6.07) is 13.0. The highest BCUT2D eigenvalue weighted by atomic mass is 19.1. The molecule has 3 rings (SSSR count). The van der Waals surface area contributed by atoms with Crippen molar-refractivity contribution in [3.63, 3.8) is 0 Å². The summed E-state index contributed by atoms with van der Waals surface area (Å²) in [6.45, 7) is 0.137. The maximum Gasteiger partial charge on any atom is 0.295 e. The molecule has 1 unspecified atom stereocenters. The second-order valence-electron chi connectivity index (χ2n) is 6.25. The molecule has 0 bridgehead atoms. The van der Waals surface area contributed by atoms with Crippen molar-refractivity contribution < 1.29 is 28.9 Å². The van der Waals surface area contributed by atoms with Crippen LogP contribution < -0.4 is 0 Å². The fraction of sp³-hybridized carbons (Fsp3) is 0.238. The summed E-state index contributed by atoms with van der Waals surface area (Å²) in [5.74, 6) is -2.31. The zero-order chi connectivity index (χ0) is 20.1. The van der Waals surface area contributed by atoms with E-state index in [0.717, 1.165) is 0 Å². The molecule has 1 saturated heterocycles. The number of hydrogen-bond donors (Lipinski definition) is 2. The van der Waals surface area contributed by atoms with E-state index in [4.69, 9.17) is 9.84 Å². The van der Waals surface area contributed by atoms with E-state index in [1.165, 1.54) is 29.2 Å². The molecular weight excluding hydrogens is 365 g/mol. The average molecular weight is 385 g/mol. The average Bonchev–Trinajstić information content (AvgIpc) is 2.97. The number of halogens is 1. The maximum absolute atomic E-state index is 13.4. The predicted molar refractivity (Wildman–Crippen MR) is 99.8 cm³/mol. The van der Waals surface area contributed by atoms with Gasteiger partial charge in [-0.05, 0) is 17.7 Å². The monoisotopic (exact) mass is 385 g/mol. The van der Waals surface area contributed by atoms with E-state index >= 15 is 0 Å². The third kappa shape index (κ3) is 3.95. The van der Waals surface area contributed by atoms with Crippen LogP contribution in [0.25, 0.3) is 5.76 Å². The summed E-state index contributed by atoms with van der Waals surface area (Å²) < 4.78 is 18.6. The van der Waals surface area contributed by atoms with Gasteiger partial charge in [-0.15, -0.1) is 0 Å². The Morgan fingerprint density at radius 2 is 1.71 bits per heavy atom. The minimum atomic E-state index is -0.862. The molecule has 2 aromatic carbocycles. The van der Waals surface area contributed by atoms with Gasteiger partial charge in [0.15, 0.2) is 0 Å². The van der Waals surface area contributed by atoms with E-state index in [0.29, 0.717) is 11.1 Å². The van der Waals surface area contributed by atoms with Gasteiger partial charge in [-0.2, -0.15) is 0 Å². The van der Waals surface area contributed by atoms with Gasteiger partial charge in [0.05, 0.1) is 31.4 Å². The van der Waals surface area contributed by atoms with Crippen molar-refractivity contribution in [2.75, 3.05) is 26.4 Å². The molecule has 2 N–H and O–H groups in total. The molecule has 7 heteroatoms. The highest BCUT2D eigenvalue weighted by Crippen LogP contribution is 2.39. The van der Waals surface area contributed by atoms with Gasteiger partial charge in [-0.3, -0.25) is 9.59 Å². The molecule has 1 fully saturated rings. The van der Waals surface area contributed by atoms with Gasteiger partial charge in [0.25, 0.3) is 11.7 Å². The highest BCUT2D eigenvalue weighted by Gasteiger charge is 2.45. The molecule has 0 radical (unpaired) electrons. The van der Waals surface area contributed by atoms with Gasteiger partial charge >= 0.3 is 0 Å². The van der Waals surface area contributed by atoms with Gasteiger partial charge in [0.2, 0.25) is 0 Å². The summed E-state index contributed by atoms with van der Waals surface area (Å²) in [4.78, 5) is 26.6. The Hall–Kier alpha value is -3.03. The molecule has 146 valence electrons. The molecule has 0 aromatic heterocycles. The van der Waals surface area contributed by atoms with Crippen LogP contribution in [0.1, 0.15) is 17.2 Å². The number of carbonyl (C=O) groups excluding carboxylic acids is 2. The van der Waals surface area contributed by atoms with Crippen molar-refractivity contribution in [3.8, 4) is 0 Å². The highest BCUT2D eigenvalue weighted by molar-refractivity contribution is 6.46. The van der Waals surface area contributed by atoms with Gasteiger partial charge in [0, 0.05) is 12.1 Å². The first-order valence-corrected chi connectivity index (χ1v) is 8.82. The number of ether oxygens (including phenoxy) is 1.